The van der Waals surface area contributed by atoms with Crippen LogP contribution in [0.2, 0.25) is 0 Å². The van der Waals surface area contributed by atoms with Gasteiger partial charge in [-0.15, -0.1) is 0 Å². The van der Waals surface area contributed by atoms with Gasteiger partial charge in [0.15, 0.2) is 0 Å². The molecule has 0 bridgehead atoms. The monoisotopic (exact) mass is 734 g/mol. The average molecular weight is 735 g/mol. The molecule has 56 heavy (non-hydrogen) atoms. The van der Waals surface area contributed by atoms with E-state index in [9.17, 15) is 0 Å². The summed E-state index contributed by atoms with van der Waals surface area (Å²) in [5.74, 6) is 27.2. The molecule has 282 valence electrons. The van der Waals surface area contributed by atoms with Crippen molar-refractivity contribution in [1.29, 1.82) is 0 Å². The number of hydrogen-bond acceptors (Lipinski definition) is 4. The standard InChI is InChI=1S/C52H54N4/c1-5-9-37-55(38-10-6-2)51-25-17-43(18-26-51)13-21-47-41-49(23-15-45-29-33-53-34-30-45)50(24-16-46-31-35-54-36-32-46)42-48(47)22-14-44-19-27-52(28-20-44)56(39-11-7-3)40-12-8-4/h17-20,25-36,41-42H,5-12,37-40H2,1-4H3. The molecule has 0 unspecified atom stereocenters. The van der Waals surface area contributed by atoms with Crippen LogP contribution in [0.1, 0.15) is 124 Å². The van der Waals surface area contributed by atoms with E-state index in [1.165, 1.54) is 62.7 Å². The number of benzene rings is 3. The van der Waals surface area contributed by atoms with Gasteiger partial charge in [0.05, 0.1) is 0 Å². The molecular weight excluding hydrogens is 681 g/mol. The molecule has 0 spiro atoms. The molecule has 4 nitrogen and oxygen atoms in total. The molecule has 0 saturated carbocycles. The van der Waals surface area contributed by atoms with E-state index in [0.717, 1.165) is 70.7 Å². The van der Waals surface area contributed by atoms with Crippen LogP contribution in [0.3, 0.4) is 0 Å². The molecule has 5 rings (SSSR count). The van der Waals surface area contributed by atoms with Crippen LogP contribution in [0.15, 0.2) is 110 Å². The van der Waals surface area contributed by atoms with Crippen molar-refractivity contribution in [3.63, 3.8) is 0 Å². The van der Waals surface area contributed by atoms with E-state index >= 15 is 0 Å². The number of aromatic nitrogens is 2. The second-order valence-electron chi connectivity index (χ2n) is 13.9. The lowest BCUT2D eigenvalue weighted by atomic mass is 9.97. The topological polar surface area (TPSA) is 32.3 Å². The van der Waals surface area contributed by atoms with Crippen LogP contribution in [0, 0.1) is 47.4 Å². The number of hydrogen-bond donors (Lipinski definition) is 0. The zero-order valence-electron chi connectivity index (χ0n) is 33.7. The highest BCUT2D eigenvalue weighted by Crippen LogP contribution is 2.20. The molecule has 0 aliphatic carbocycles. The fraction of sp³-hybridized carbons (Fsp3) is 0.308. The van der Waals surface area contributed by atoms with Gasteiger partial charge < -0.3 is 9.80 Å². The number of rotatable bonds is 14. The Morgan fingerprint density at radius 3 is 0.893 bits per heavy atom. The van der Waals surface area contributed by atoms with Crippen LogP contribution in [-0.4, -0.2) is 36.1 Å². The number of anilines is 2. The molecule has 2 heterocycles. The molecule has 0 aliphatic rings. The third kappa shape index (κ3) is 13.0. The Morgan fingerprint density at radius 2 is 0.625 bits per heavy atom. The van der Waals surface area contributed by atoms with Crippen molar-refractivity contribution in [3.05, 3.63) is 154 Å². The predicted molar refractivity (Wildman–Crippen MR) is 236 cm³/mol. The molecule has 0 aliphatic heterocycles. The fourth-order valence-electron chi connectivity index (χ4n) is 6.09. The molecule has 5 aromatic rings. The number of pyridine rings is 2. The summed E-state index contributed by atoms with van der Waals surface area (Å²) >= 11 is 0. The van der Waals surface area contributed by atoms with Crippen LogP contribution in [0.4, 0.5) is 11.4 Å². The Bertz CT molecular complexity index is 2030. The molecule has 0 saturated heterocycles. The average Bonchev–Trinajstić information content (AvgIpc) is 3.25. The smallest absolute Gasteiger partial charge is 0.0419 e. The van der Waals surface area contributed by atoms with E-state index in [2.05, 4.69) is 143 Å². The van der Waals surface area contributed by atoms with Gasteiger partial charge in [-0.1, -0.05) is 101 Å². The summed E-state index contributed by atoms with van der Waals surface area (Å²) in [6, 6.07) is 29.0. The molecule has 3 aromatic carbocycles. The van der Waals surface area contributed by atoms with Gasteiger partial charge in [0.25, 0.3) is 0 Å². The van der Waals surface area contributed by atoms with Crippen molar-refractivity contribution >= 4 is 11.4 Å². The Balaban J connectivity index is 1.56. The van der Waals surface area contributed by atoms with E-state index in [4.69, 9.17) is 0 Å². The first-order valence-electron chi connectivity index (χ1n) is 20.4. The van der Waals surface area contributed by atoms with E-state index in [1.54, 1.807) is 24.8 Å². The second kappa shape index (κ2) is 22.9. The van der Waals surface area contributed by atoms with Crippen LogP contribution >= 0.6 is 0 Å². The number of unbranched alkanes of at least 4 members (excludes halogenated alkanes) is 4. The molecule has 0 N–H and O–H groups in total. The van der Waals surface area contributed by atoms with Crippen LogP contribution in [-0.2, 0) is 0 Å². The highest BCUT2D eigenvalue weighted by molar-refractivity contribution is 5.65. The Morgan fingerprint density at radius 1 is 0.357 bits per heavy atom. The normalized spacial score (nSPS) is 10.1. The molecule has 0 amide bonds. The summed E-state index contributed by atoms with van der Waals surface area (Å²) in [7, 11) is 0. The second-order valence-corrected chi connectivity index (χ2v) is 13.9. The van der Waals surface area contributed by atoms with Crippen LogP contribution in [0.5, 0.6) is 0 Å². The summed E-state index contributed by atoms with van der Waals surface area (Å²) in [5.41, 5.74) is 9.37. The Hall–Kier alpha value is -6.20. The summed E-state index contributed by atoms with van der Waals surface area (Å²) in [4.78, 5) is 13.3. The first-order valence-corrected chi connectivity index (χ1v) is 20.4. The minimum Gasteiger partial charge on any atom is -0.372 e. The summed E-state index contributed by atoms with van der Waals surface area (Å²) in [6.07, 6.45) is 16.5. The van der Waals surface area contributed by atoms with Gasteiger partial charge in [-0.2, -0.15) is 0 Å². The van der Waals surface area contributed by atoms with E-state index < -0.39 is 0 Å². The van der Waals surface area contributed by atoms with E-state index in [0.29, 0.717) is 0 Å². The first-order chi connectivity index (χ1) is 27.6. The zero-order chi connectivity index (χ0) is 39.2. The van der Waals surface area contributed by atoms with Crippen LogP contribution < -0.4 is 9.80 Å². The van der Waals surface area contributed by atoms with Crippen LogP contribution in [0.25, 0.3) is 0 Å². The maximum Gasteiger partial charge on any atom is 0.0419 e. The summed E-state index contributed by atoms with van der Waals surface area (Å²) in [6.45, 7) is 13.3. The highest BCUT2D eigenvalue weighted by Gasteiger charge is 2.09. The van der Waals surface area contributed by atoms with Gasteiger partial charge in [-0.05, 0) is 111 Å². The van der Waals surface area contributed by atoms with Crippen molar-refractivity contribution < 1.29 is 0 Å². The summed E-state index contributed by atoms with van der Waals surface area (Å²) in [5, 5.41) is 0. The van der Waals surface area contributed by atoms with Crippen molar-refractivity contribution in [1.82, 2.24) is 9.97 Å². The van der Waals surface area contributed by atoms with Gasteiger partial charge in [-0.3, -0.25) is 9.97 Å². The van der Waals surface area contributed by atoms with Crippen molar-refractivity contribution in [3.8, 4) is 47.4 Å². The third-order valence-electron chi connectivity index (χ3n) is 9.48. The van der Waals surface area contributed by atoms with Gasteiger partial charge in [-0.25, -0.2) is 0 Å². The molecule has 0 atom stereocenters. The predicted octanol–water partition coefficient (Wildman–Crippen LogP) is 10.9. The SMILES string of the molecule is CCCCN(CCCC)c1ccc(C#Cc2cc(C#Cc3ccncc3)c(C#Cc3ccncc3)cc2C#Cc2ccc(N(CCCC)CCCC)cc2)cc1. The van der Waals surface area contributed by atoms with Gasteiger partial charge in [0.1, 0.15) is 0 Å². The van der Waals surface area contributed by atoms with Gasteiger partial charge in [0, 0.05) is 107 Å². The Labute approximate surface area is 336 Å². The maximum atomic E-state index is 4.15. The largest absolute Gasteiger partial charge is 0.372 e. The van der Waals surface area contributed by atoms with Gasteiger partial charge >= 0.3 is 0 Å². The van der Waals surface area contributed by atoms with Crippen molar-refractivity contribution in [2.45, 2.75) is 79.1 Å². The van der Waals surface area contributed by atoms with Crippen molar-refractivity contribution in [2.75, 3.05) is 36.0 Å². The van der Waals surface area contributed by atoms with E-state index in [1.807, 2.05) is 36.4 Å². The van der Waals surface area contributed by atoms with Crippen molar-refractivity contribution in [2.24, 2.45) is 0 Å². The first kappa shape index (κ1) is 41.0. The summed E-state index contributed by atoms with van der Waals surface area (Å²) < 4.78 is 0. The minimum atomic E-state index is 0.791. The lowest BCUT2D eigenvalue weighted by Crippen LogP contribution is -2.25. The third-order valence-corrected chi connectivity index (χ3v) is 9.48. The Kier molecular flexibility index (Phi) is 16.7. The molecule has 4 heteroatoms. The molecule has 0 radical (unpaired) electrons. The molecule has 2 aromatic heterocycles. The molecular formula is C52H54N4. The quantitative estimate of drug-likeness (QED) is 0.106. The van der Waals surface area contributed by atoms with E-state index in [-0.39, 0.29) is 0 Å². The molecule has 0 fully saturated rings. The number of nitrogens with zero attached hydrogens (tertiary/aromatic N) is 4. The lowest BCUT2D eigenvalue weighted by Gasteiger charge is -2.24. The zero-order valence-corrected chi connectivity index (χ0v) is 33.7. The highest BCUT2D eigenvalue weighted by atomic mass is 15.1. The minimum absolute atomic E-state index is 0.791. The fourth-order valence-corrected chi connectivity index (χ4v) is 6.09. The lowest BCUT2D eigenvalue weighted by molar-refractivity contribution is 0.678. The van der Waals surface area contributed by atoms with Gasteiger partial charge in [0.2, 0.25) is 0 Å². The maximum absolute atomic E-state index is 4.15.